The Balaban J connectivity index is 1.29. The second-order valence-electron chi connectivity index (χ2n) is 9.17. The molecule has 0 unspecified atom stereocenters. The van der Waals surface area contributed by atoms with E-state index in [0.29, 0.717) is 11.1 Å². The summed E-state index contributed by atoms with van der Waals surface area (Å²) in [5.74, 6) is 0.437. The van der Waals surface area contributed by atoms with Gasteiger partial charge in [0.05, 0.1) is 0 Å². The molecule has 0 fully saturated rings. The third-order valence-corrected chi connectivity index (χ3v) is 8.95. The molecule has 2 aromatic heterocycles. The van der Waals surface area contributed by atoms with Gasteiger partial charge < -0.3 is 0 Å². The molecule has 0 atom stereocenters. The van der Waals surface area contributed by atoms with Gasteiger partial charge in [-0.2, -0.15) is 0 Å². The van der Waals surface area contributed by atoms with Crippen molar-refractivity contribution >= 4 is 69.9 Å². The summed E-state index contributed by atoms with van der Waals surface area (Å²) in [6.07, 6.45) is 1.79. The summed E-state index contributed by atoms with van der Waals surface area (Å²) >= 11 is -0.129. The van der Waals surface area contributed by atoms with Crippen molar-refractivity contribution < 1.29 is 9.59 Å². The van der Waals surface area contributed by atoms with Crippen LogP contribution in [0.2, 0.25) is 0 Å². The Bertz CT molecular complexity index is 1860. The molecule has 5 heteroatoms. The van der Waals surface area contributed by atoms with Gasteiger partial charge in [0.25, 0.3) is 0 Å². The Kier molecular flexibility index (Phi) is 5.40. The van der Waals surface area contributed by atoms with Crippen LogP contribution in [-0.2, 0) is 0 Å². The number of nitrogens with zero attached hydrogens (tertiary/aromatic N) is 2. The Morgan fingerprint density at radius 2 is 1.26 bits per heavy atom. The molecule has 0 N–H and O–H groups in total. The topological polar surface area (TPSA) is 50.3 Å². The number of ketones is 2. The molecule has 180 valence electrons. The van der Waals surface area contributed by atoms with Crippen molar-refractivity contribution in [1.82, 2.24) is 4.98 Å². The van der Waals surface area contributed by atoms with Gasteiger partial charge in [-0.05, 0) is 0 Å². The van der Waals surface area contributed by atoms with Gasteiger partial charge in [-0.25, -0.2) is 0 Å². The minimum atomic E-state index is -0.197. The zero-order chi connectivity index (χ0) is 25.6. The molecular weight excluding hydrogens is 535 g/mol. The van der Waals surface area contributed by atoms with Crippen molar-refractivity contribution in [2.24, 2.45) is 0 Å². The van der Waals surface area contributed by atoms with Gasteiger partial charge in [0.1, 0.15) is 0 Å². The van der Waals surface area contributed by atoms with E-state index < -0.39 is 0 Å². The van der Waals surface area contributed by atoms with Crippen molar-refractivity contribution in [3.63, 3.8) is 0 Å². The molecular formula is C33H20N2O2Se. The number of para-hydroxylation sites is 2. The van der Waals surface area contributed by atoms with Crippen LogP contribution in [0, 0.1) is 0 Å². The Morgan fingerprint density at radius 1 is 0.632 bits per heavy atom. The maximum absolute atomic E-state index is 13.3. The molecule has 4 aromatic carbocycles. The van der Waals surface area contributed by atoms with Crippen LogP contribution in [0.4, 0.5) is 16.1 Å². The van der Waals surface area contributed by atoms with E-state index in [1.807, 2.05) is 84.9 Å². The number of hydrogen-bond acceptors (Lipinski definition) is 4. The SMILES string of the molecule is O=C1C(=Cc2ccc(N(c3ccccc3)c3ccc4ccccc4n3)[se]2)C(=O)c2cc3ccccc3cc21. The van der Waals surface area contributed by atoms with Crippen LogP contribution in [0.5, 0.6) is 0 Å². The van der Waals surface area contributed by atoms with Gasteiger partial charge in [0.15, 0.2) is 0 Å². The van der Waals surface area contributed by atoms with E-state index in [0.717, 1.165) is 42.2 Å². The summed E-state index contributed by atoms with van der Waals surface area (Å²) in [5, 5.41) is 3.01. The third-order valence-electron chi connectivity index (χ3n) is 6.81. The van der Waals surface area contributed by atoms with Gasteiger partial charge in [-0.3, -0.25) is 0 Å². The third kappa shape index (κ3) is 3.81. The number of anilines is 3. The van der Waals surface area contributed by atoms with E-state index >= 15 is 0 Å². The summed E-state index contributed by atoms with van der Waals surface area (Å²) in [6.45, 7) is 0. The fourth-order valence-electron chi connectivity index (χ4n) is 4.95. The van der Waals surface area contributed by atoms with Gasteiger partial charge >= 0.3 is 226 Å². The number of pyridine rings is 1. The fraction of sp³-hybridized carbons (Fsp3) is 0. The zero-order valence-electron chi connectivity index (χ0n) is 20.2. The maximum atomic E-state index is 13.3. The van der Waals surface area contributed by atoms with Crippen molar-refractivity contribution in [2.45, 2.75) is 0 Å². The van der Waals surface area contributed by atoms with Crippen molar-refractivity contribution in [3.05, 3.63) is 136 Å². The van der Waals surface area contributed by atoms with Crippen LogP contribution in [0.25, 0.3) is 27.8 Å². The monoisotopic (exact) mass is 556 g/mol. The van der Waals surface area contributed by atoms with Crippen molar-refractivity contribution in [2.75, 3.05) is 4.90 Å². The first kappa shape index (κ1) is 22.6. The number of carbonyl (C=O) groups excluding carboxylic acids is 2. The van der Waals surface area contributed by atoms with Crippen LogP contribution >= 0.6 is 0 Å². The number of hydrogen-bond donors (Lipinski definition) is 0. The number of rotatable bonds is 4. The average molecular weight is 555 g/mol. The molecule has 0 saturated carbocycles. The standard InChI is InChI=1S/C33H20N2O2Se/c36-32-26-18-22-9-4-5-10-23(22)19-27(26)33(37)28(32)20-25-15-17-31(38-25)35(24-11-2-1-3-12-24)30-16-14-21-8-6-7-13-29(21)34-30/h1-20H. The van der Waals surface area contributed by atoms with Crippen LogP contribution < -0.4 is 4.90 Å². The zero-order valence-corrected chi connectivity index (χ0v) is 21.9. The van der Waals surface area contributed by atoms with E-state index in [2.05, 4.69) is 35.2 Å². The van der Waals surface area contributed by atoms with Crippen molar-refractivity contribution in [1.29, 1.82) is 0 Å². The normalized spacial score (nSPS) is 12.8. The average Bonchev–Trinajstić information content (AvgIpc) is 3.51. The van der Waals surface area contributed by atoms with E-state index in [4.69, 9.17) is 4.98 Å². The molecule has 0 spiro atoms. The Morgan fingerprint density at radius 3 is 1.97 bits per heavy atom. The first-order valence-corrected chi connectivity index (χ1v) is 14.0. The predicted octanol–water partition coefficient (Wildman–Crippen LogP) is 7.38. The van der Waals surface area contributed by atoms with Gasteiger partial charge in [-0.15, -0.1) is 0 Å². The summed E-state index contributed by atoms with van der Waals surface area (Å²) in [4.78, 5) is 33.7. The fourth-order valence-corrected chi connectivity index (χ4v) is 7.01. The van der Waals surface area contributed by atoms with Crippen LogP contribution in [-0.4, -0.2) is 31.1 Å². The predicted molar refractivity (Wildman–Crippen MR) is 154 cm³/mol. The molecule has 0 bridgehead atoms. The van der Waals surface area contributed by atoms with E-state index in [9.17, 15) is 9.59 Å². The summed E-state index contributed by atoms with van der Waals surface area (Å²) in [7, 11) is 0. The molecule has 4 nitrogen and oxygen atoms in total. The van der Waals surface area contributed by atoms with Crippen LogP contribution in [0.15, 0.2) is 121 Å². The van der Waals surface area contributed by atoms with E-state index in [1.165, 1.54) is 0 Å². The number of allylic oxidation sites excluding steroid dienone is 1. The summed E-state index contributed by atoms with van der Waals surface area (Å²) in [5.41, 5.74) is 3.17. The molecule has 1 aliphatic rings. The molecule has 1 aliphatic carbocycles. The Hall–Kier alpha value is -4.57. The molecule has 0 radical (unpaired) electrons. The van der Waals surface area contributed by atoms with Gasteiger partial charge in [0, 0.05) is 0 Å². The second-order valence-corrected chi connectivity index (χ2v) is 11.5. The minimum absolute atomic E-state index is 0.129. The number of carbonyl (C=O) groups is 2. The van der Waals surface area contributed by atoms with Crippen molar-refractivity contribution in [3.8, 4) is 0 Å². The summed E-state index contributed by atoms with van der Waals surface area (Å²) < 4.78 is 2.06. The van der Waals surface area contributed by atoms with Crippen LogP contribution in [0.1, 0.15) is 25.2 Å². The molecule has 0 aliphatic heterocycles. The molecule has 2 heterocycles. The summed E-state index contributed by atoms with van der Waals surface area (Å²) in [6, 6.07) is 37.9. The molecule has 0 saturated heterocycles. The first-order chi connectivity index (χ1) is 18.7. The molecule has 7 rings (SSSR count). The first-order valence-electron chi connectivity index (χ1n) is 12.3. The number of fused-ring (bicyclic) bond motifs is 3. The van der Waals surface area contributed by atoms with Gasteiger partial charge in [-0.1, -0.05) is 0 Å². The molecule has 6 aromatic rings. The Labute approximate surface area is 225 Å². The number of aromatic nitrogens is 1. The number of Topliss-reactive ketones (excluding diaryl/α,β-unsaturated/α-hetero) is 2. The quantitative estimate of drug-likeness (QED) is 0.129. The van der Waals surface area contributed by atoms with Crippen LogP contribution in [0.3, 0.4) is 0 Å². The second kappa shape index (κ2) is 9.07. The molecule has 0 amide bonds. The van der Waals surface area contributed by atoms with E-state index in [1.54, 1.807) is 6.08 Å². The molecule has 38 heavy (non-hydrogen) atoms. The van der Waals surface area contributed by atoms with Gasteiger partial charge in [0.2, 0.25) is 0 Å². The number of benzene rings is 4. The van der Waals surface area contributed by atoms with E-state index in [-0.39, 0.29) is 31.6 Å².